The lowest BCUT2D eigenvalue weighted by Gasteiger charge is -2.10. The summed E-state index contributed by atoms with van der Waals surface area (Å²) in [4.78, 5) is 14.9. The van der Waals surface area contributed by atoms with Gasteiger partial charge in [0.2, 0.25) is 0 Å². The first kappa shape index (κ1) is 28.2. The van der Waals surface area contributed by atoms with E-state index < -0.39 is 0 Å². The summed E-state index contributed by atoms with van der Waals surface area (Å²) in [6.07, 6.45) is 0. The van der Waals surface area contributed by atoms with E-state index in [0.29, 0.717) is 17.5 Å². The number of hydrogen-bond donors (Lipinski definition) is 0. The third kappa shape index (κ3) is 4.60. The number of rotatable bonds is 5. The van der Waals surface area contributed by atoms with Gasteiger partial charge in [-0.05, 0) is 47.5 Å². The molecule has 0 fully saturated rings. The van der Waals surface area contributed by atoms with Crippen LogP contribution < -0.4 is 0 Å². The van der Waals surface area contributed by atoms with Crippen LogP contribution in [0.1, 0.15) is 0 Å². The Morgan fingerprint density at radius 2 is 0.860 bits per heavy atom. The molecular formula is C45H28N4O. The molecule has 0 aliphatic carbocycles. The van der Waals surface area contributed by atoms with Crippen molar-refractivity contribution in [3.8, 4) is 51.0 Å². The van der Waals surface area contributed by atoms with Crippen LogP contribution in [0.5, 0.6) is 0 Å². The zero-order valence-electron chi connectivity index (χ0n) is 26.9. The maximum Gasteiger partial charge on any atom is 0.164 e. The summed E-state index contributed by atoms with van der Waals surface area (Å²) < 4.78 is 8.93. The van der Waals surface area contributed by atoms with Crippen LogP contribution in [-0.4, -0.2) is 19.5 Å². The zero-order chi connectivity index (χ0) is 33.0. The highest BCUT2D eigenvalue weighted by atomic mass is 16.3. The predicted molar refractivity (Wildman–Crippen MR) is 203 cm³/mol. The Hall–Kier alpha value is -6.85. The molecule has 50 heavy (non-hydrogen) atoms. The highest BCUT2D eigenvalue weighted by Crippen LogP contribution is 2.39. The number of fused-ring (bicyclic) bond motifs is 6. The second kappa shape index (κ2) is 11.4. The van der Waals surface area contributed by atoms with E-state index in [1.165, 1.54) is 16.3 Å². The van der Waals surface area contributed by atoms with Crippen LogP contribution in [0.3, 0.4) is 0 Å². The molecule has 3 aromatic heterocycles. The summed E-state index contributed by atoms with van der Waals surface area (Å²) in [5.41, 5.74) is 10.0. The number of benzene rings is 7. The molecule has 10 rings (SSSR count). The molecule has 5 nitrogen and oxygen atoms in total. The molecule has 0 amide bonds. The van der Waals surface area contributed by atoms with Gasteiger partial charge in [-0.1, -0.05) is 133 Å². The Balaban J connectivity index is 1.13. The zero-order valence-corrected chi connectivity index (χ0v) is 26.9. The van der Waals surface area contributed by atoms with Crippen molar-refractivity contribution in [2.45, 2.75) is 0 Å². The van der Waals surface area contributed by atoms with Gasteiger partial charge in [0, 0.05) is 32.8 Å². The van der Waals surface area contributed by atoms with E-state index in [1.54, 1.807) is 0 Å². The number of aromatic nitrogens is 4. The fraction of sp³-hybridized carbons (Fsp3) is 0. The third-order valence-electron chi connectivity index (χ3n) is 9.47. The molecule has 0 unspecified atom stereocenters. The van der Waals surface area contributed by atoms with Crippen molar-refractivity contribution in [3.05, 3.63) is 170 Å². The summed E-state index contributed by atoms with van der Waals surface area (Å²) >= 11 is 0. The molecule has 0 radical (unpaired) electrons. The van der Waals surface area contributed by atoms with Crippen molar-refractivity contribution in [3.63, 3.8) is 0 Å². The first-order valence-electron chi connectivity index (χ1n) is 16.7. The van der Waals surface area contributed by atoms with Crippen LogP contribution in [0, 0.1) is 0 Å². The van der Waals surface area contributed by atoms with Gasteiger partial charge in [0.05, 0.1) is 22.1 Å². The third-order valence-corrected chi connectivity index (χ3v) is 9.47. The molecule has 0 aliphatic rings. The molecule has 0 saturated carbocycles. The largest absolute Gasteiger partial charge is 0.456 e. The summed E-state index contributed by atoms with van der Waals surface area (Å²) in [5.74, 6) is 1.83. The number of para-hydroxylation sites is 2. The topological polar surface area (TPSA) is 56.7 Å². The van der Waals surface area contributed by atoms with Gasteiger partial charge < -0.3 is 8.98 Å². The summed E-state index contributed by atoms with van der Waals surface area (Å²) in [6, 6.07) is 58.5. The number of furan rings is 1. The molecule has 7 aromatic carbocycles. The Kier molecular flexibility index (Phi) is 6.42. The molecule has 10 aromatic rings. The van der Waals surface area contributed by atoms with E-state index in [2.05, 4.69) is 132 Å². The van der Waals surface area contributed by atoms with E-state index in [4.69, 9.17) is 19.4 Å². The van der Waals surface area contributed by atoms with E-state index >= 15 is 0 Å². The molecule has 0 atom stereocenters. The Morgan fingerprint density at radius 1 is 0.360 bits per heavy atom. The molecule has 234 valence electrons. The maximum atomic E-state index is 6.58. The van der Waals surface area contributed by atoms with Gasteiger partial charge >= 0.3 is 0 Å². The van der Waals surface area contributed by atoms with E-state index in [1.807, 2.05) is 42.5 Å². The molecule has 0 aliphatic heterocycles. The number of nitrogens with zero attached hydrogens (tertiary/aromatic N) is 4. The van der Waals surface area contributed by atoms with Crippen molar-refractivity contribution in [2.75, 3.05) is 0 Å². The van der Waals surface area contributed by atoms with E-state index in [0.717, 1.165) is 60.9 Å². The lowest BCUT2D eigenvalue weighted by Crippen LogP contribution is -2.00. The summed E-state index contributed by atoms with van der Waals surface area (Å²) in [5, 5.41) is 4.56. The van der Waals surface area contributed by atoms with Gasteiger partial charge in [0.15, 0.2) is 17.5 Å². The molecule has 5 heteroatoms. The fourth-order valence-electron chi connectivity index (χ4n) is 7.11. The lowest BCUT2D eigenvalue weighted by atomic mass is 10.0. The molecule has 3 heterocycles. The smallest absolute Gasteiger partial charge is 0.164 e. The minimum Gasteiger partial charge on any atom is -0.456 e. The van der Waals surface area contributed by atoms with Crippen LogP contribution in [0.2, 0.25) is 0 Å². The van der Waals surface area contributed by atoms with Crippen molar-refractivity contribution in [1.29, 1.82) is 0 Å². The molecule has 0 saturated heterocycles. The van der Waals surface area contributed by atoms with Gasteiger partial charge in [-0.3, -0.25) is 0 Å². The van der Waals surface area contributed by atoms with Crippen LogP contribution in [0.25, 0.3) is 94.7 Å². The average molecular weight is 641 g/mol. The average Bonchev–Trinajstić information content (AvgIpc) is 3.74. The minimum absolute atomic E-state index is 0.589. The molecule has 0 N–H and O–H groups in total. The summed E-state index contributed by atoms with van der Waals surface area (Å²) in [6.45, 7) is 0. The van der Waals surface area contributed by atoms with Crippen molar-refractivity contribution >= 4 is 43.7 Å². The predicted octanol–water partition coefficient (Wildman–Crippen LogP) is 11.5. The molecule has 0 spiro atoms. The first-order valence-corrected chi connectivity index (χ1v) is 16.7. The van der Waals surface area contributed by atoms with Gasteiger partial charge in [-0.15, -0.1) is 0 Å². The van der Waals surface area contributed by atoms with Crippen molar-refractivity contribution in [2.24, 2.45) is 0 Å². The number of hydrogen-bond acceptors (Lipinski definition) is 4. The van der Waals surface area contributed by atoms with Crippen LogP contribution in [0.4, 0.5) is 0 Å². The fourth-order valence-corrected chi connectivity index (χ4v) is 7.11. The second-order valence-corrected chi connectivity index (χ2v) is 12.4. The maximum absolute atomic E-state index is 6.58. The first-order chi connectivity index (χ1) is 24.8. The Morgan fingerprint density at radius 3 is 1.52 bits per heavy atom. The highest BCUT2D eigenvalue weighted by molar-refractivity contribution is 6.14. The van der Waals surface area contributed by atoms with Gasteiger partial charge in [-0.25, -0.2) is 15.0 Å². The van der Waals surface area contributed by atoms with Crippen LogP contribution in [-0.2, 0) is 0 Å². The minimum atomic E-state index is 0.589. The van der Waals surface area contributed by atoms with Crippen molar-refractivity contribution < 1.29 is 4.42 Å². The van der Waals surface area contributed by atoms with Crippen LogP contribution in [0.15, 0.2) is 174 Å². The standard InChI is InChI=1S/C45H28N4O/c1-3-12-29(13-4-1)30-22-24-32(25-23-30)44-46-43(31-14-5-2-6-15-31)47-45(48-44)33-26-27-36-41(28-33)50-40-21-11-20-39(42(36)40)49-37-18-9-7-16-34(37)35-17-8-10-19-38(35)49/h1-28H. The van der Waals surface area contributed by atoms with Crippen LogP contribution >= 0.6 is 0 Å². The quantitative estimate of drug-likeness (QED) is 0.188. The SMILES string of the molecule is c1ccc(-c2ccc(-c3nc(-c4ccccc4)nc(-c4ccc5c(c4)oc4cccc(-n6c7ccccc7c7ccccc76)c45)n3)cc2)cc1. The highest BCUT2D eigenvalue weighted by Gasteiger charge is 2.19. The Bertz CT molecular complexity index is 2800. The molecule has 0 bridgehead atoms. The van der Waals surface area contributed by atoms with Gasteiger partial charge in [-0.2, -0.15) is 0 Å². The van der Waals surface area contributed by atoms with Crippen molar-refractivity contribution in [1.82, 2.24) is 19.5 Å². The second-order valence-electron chi connectivity index (χ2n) is 12.4. The van der Waals surface area contributed by atoms with Gasteiger partial charge in [0.25, 0.3) is 0 Å². The van der Waals surface area contributed by atoms with E-state index in [9.17, 15) is 0 Å². The monoisotopic (exact) mass is 640 g/mol. The Labute approximate surface area is 287 Å². The summed E-state index contributed by atoms with van der Waals surface area (Å²) in [7, 11) is 0. The lowest BCUT2D eigenvalue weighted by molar-refractivity contribution is 0.669. The normalized spacial score (nSPS) is 11.6. The van der Waals surface area contributed by atoms with E-state index in [-0.39, 0.29) is 0 Å². The molecular weight excluding hydrogens is 613 g/mol. The van der Waals surface area contributed by atoms with Gasteiger partial charge in [0.1, 0.15) is 11.2 Å².